The molecule has 124 valence electrons. The number of hydrogen-bond donors (Lipinski definition) is 2. The quantitative estimate of drug-likeness (QED) is 0.893. The highest BCUT2D eigenvalue weighted by atomic mass is 32.2. The van der Waals surface area contributed by atoms with Crippen LogP contribution in [-0.2, 0) is 14.8 Å². The van der Waals surface area contributed by atoms with E-state index in [2.05, 4.69) is 15.0 Å². The molecular formula is C17H17N3O3S. The van der Waals surface area contributed by atoms with Gasteiger partial charge >= 0.3 is 0 Å². The summed E-state index contributed by atoms with van der Waals surface area (Å²) in [5.41, 5.74) is 1.41. The van der Waals surface area contributed by atoms with Crippen molar-refractivity contribution in [1.82, 2.24) is 5.32 Å². The Hall–Kier alpha value is -2.67. The molecule has 1 heterocycles. The van der Waals surface area contributed by atoms with Gasteiger partial charge in [0.25, 0.3) is 10.0 Å². The zero-order valence-corrected chi connectivity index (χ0v) is 13.9. The van der Waals surface area contributed by atoms with Crippen LogP contribution in [0.15, 0.2) is 63.9 Å². The van der Waals surface area contributed by atoms with Crippen molar-refractivity contribution < 1.29 is 13.2 Å². The molecule has 1 amide bonds. The summed E-state index contributed by atoms with van der Waals surface area (Å²) in [6.45, 7) is 1.87. The van der Waals surface area contributed by atoms with E-state index < -0.39 is 10.0 Å². The molecule has 2 aromatic rings. The highest BCUT2D eigenvalue weighted by Gasteiger charge is 2.25. The van der Waals surface area contributed by atoms with E-state index in [4.69, 9.17) is 0 Å². The van der Waals surface area contributed by atoms with Gasteiger partial charge < -0.3 is 10.6 Å². The molecule has 3 rings (SSSR count). The number of benzene rings is 2. The van der Waals surface area contributed by atoms with Gasteiger partial charge in [-0.2, -0.15) is 8.42 Å². The molecule has 0 radical (unpaired) electrons. The molecule has 7 heteroatoms. The minimum absolute atomic E-state index is 0.117. The number of amidine groups is 1. The first kappa shape index (κ1) is 16.2. The average Bonchev–Trinajstić information content (AvgIpc) is 2.55. The first-order chi connectivity index (χ1) is 11.5. The second kappa shape index (κ2) is 6.45. The van der Waals surface area contributed by atoms with Crippen LogP contribution in [-0.4, -0.2) is 20.2 Å². The number of nitrogens with zero attached hydrogens (tertiary/aromatic N) is 1. The van der Waals surface area contributed by atoms with Gasteiger partial charge in [0.15, 0.2) is 0 Å². The van der Waals surface area contributed by atoms with Crippen molar-refractivity contribution >= 4 is 27.5 Å². The van der Waals surface area contributed by atoms with Crippen molar-refractivity contribution in [2.45, 2.75) is 24.3 Å². The van der Waals surface area contributed by atoms with Gasteiger partial charge in [-0.25, -0.2) is 0 Å². The molecule has 0 fully saturated rings. The van der Waals surface area contributed by atoms with Gasteiger partial charge in [-0.05, 0) is 24.6 Å². The fraction of sp³-hybridized carbons (Fsp3) is 0.176. The van der Waals surface area contributed by atoms with Crippen molar-refractivity contribution in [3.63, 3.8) is 0 Å². The van der Waals surface area contributed by atoms with Gasteiger partial charge in [0.05, 0.1) is 18.2 Å². The molecule has 24 heavy (non-hydrogen) atoms. The first-order valence-corrected chi connectivity index (χ1v) is 8.94. The van der Waals surface area contributed by atoms with Gasteiger partial charge in [-0.15, -0.1) is 4.40 Å². The van der Waals surface area contributed by atoms with E-state index >= 15 is 0 Å². The summed E-state index contributed by atoms with van der Waals surface area (Å²) in [6, 6.07) is 15.8. The summed E-state index contributed by atoms with van der Waals surface area (Å²) in [6.07, 6.45) is -0.134. The number of sulfonamides is 1. The third-order valence-electron chi connectivity index (χ3n) is 3.68. The number of rotatable bonds is 4. The largest absolute Gasteiger partial charge is 0.349 e. The van der Waals surface area contributed by atoms with E-state index in [1.165, 1.54) is 6.07 Å². The lowest BCUT2D eigenvalue weighted by Gasteiger charge is -2.19. The monoisotopic (exact) mass is 343 g/mol. The summed E-state index contributed by atoms with van der Waals surface area (Å²) in [5, 5.41) is 5.75. The minimum atomic E-state index is -3.77. The first-order valence-electron chi connectivity index (χ1n) is 7.50. The van der Waals surface area contributed by atoms with Gasteiger partial charge in [-0.3, -0.25) is 4.79 Å². The fourth-order valence-corrected chi connectivity index (χ4v) is 3.66. The highest BCUT2D eigenvalue weighted by molar-refractivity contribution is 7.90. The maximum atomic E-state index is 12.2. The lowest BCUT2D eigenvalue weighted by molar-refractivity contribution is -0.120. The molecule has 6 nitrogen and oxygen atoms in total. The van der Waals surface area contributed by atoms with Crippen LogP contribution >= 0.6 is 0 Å². The number of hydrogen-bond acceptors (Lipinski definition) is 4. The molecule has 2 N–H and O–H groups in total. The summed E-state index contributed by atoms with van der Waals surface area (Å²) in [7, 11) is -3.77. The molecule has 0 aliphatic carbocycles. The number of carbonyl (C=O) groups excluding carboxylic acids is 1. The van der Waals surface area contributed by atoms with Crippen LogP contribution in [0.4, 0.5) is 5.69 Å². The van der Waals surface area contributed by atoms with Crippen LogP contribution in [0.5, 0.6) is 0 Å². The zero-order valence-electron chi connectivity index (χ0n) is 13.1. The van der Waals surface area contributed by atoms with Gasteiger partial charge in [0.1, 0.15) is 10.7 Å². The highest BCUT2D eigenvalue weighted by Crippen LogP contribution is 2.27. The molecule has 2 aromatic carbocycles. The molecule has 1 aliphatic rings. The molecule has 0 spiro atoms. The van der Waals surface area contributed by atoms with Crippen LogP contribution in [0.3, 0.4) is 0 Å². The van der Waals surface area contributed by atoms with E-state index in [-0.39, 0.29) is 29.1 Å². The number of carbonyl (C=O) groups is 1. The van der Waals surface area contributed by atoms with Crippen molar-refractivity contribution in [2.75, 3.05) is 5.32 Å². The topological polar surface area (TPSA) is 87.6 Å². The van der Waals surface area contributed by atoms with Gasteiger partial charge in [-0.1, -0.05) is 42.5 Å². The normalized spacial score (nSPS) is 16.3. The third-order valence-corrected chi connectivity index (χ3v) is 5.05. The second-order valence-electron chi connectivity index (χ2n) is 5.51. The third kappa shape index (κ3) is 3.46. The summed E-state index contributed by atoms with van der Waals surface area (Å²) in [5.74, 6) is -0.182. The van der Waals surface area contributed by atoms with Crippen molar-refractivity contribution in [3.05, 3.63) is 60.2 Å². The van der Waals surface area contributed by atoms with Gasteiger partial charge in [0.2, 0.25) is 5.91 Å². The molecule has 1 atom stereocenters. The van der Waals surface area contributed by atoms with Crippen molar-refractivity contribution in [1.29, 1.82) is 0 Å². The van der Waals surface area contributed by atoms with E-state index in [0.717, 1.165) is 5.56 Å². The van der Waals surface area contributed by atoms with E-state index in [0.29, 0.717) is 5.69 Å². The molecular weight excluding hydrogens is 326 g/mol. The molecule has 0 bridgehead atoms. The second-order valence-corrected chi connectivity index (χ2v) is 7.08. The molecule has 0 saturated heterocycles. The molecule has 1 aliphatic heterocycles. The van der Waals surface area contributed by atoms with E-state index in [9.17, 15) is 13.2 Å². The van der Waals surface area contributed by atoms with Gasteiger partial charge in [0, 0.05) is 0 Å². The minimum Gasteiger partial charge on any atom is -0.349 e. The molecule has 0 aromatic heterocycles. The van der Waals surface area contributed by atoms with E-state index in [1.54, 1.807) is 18.2 Å². The summed E-state index contributed by atoms with van der Waals surface area (Å²) >= 11 is 0. The Morgan fingerprint density at radius 1 is 1.12 bits per heavy atom. The summed E-state index contributed by atoms with van der Waals surface area (Å²) in [4.78, 5) is 12.3. The lowest BCUT2D eigenvalue weighted by Crippen LogP contribution is -2.32. The van der Waals surface area contributed by atoms with Crippen LogP contribution in [0.25, 0.3) is 0 Å². The van der Waals surface area contributed by atoms with Crippen LogP contribution < -0.4 is 10.6 Å². The number of fused-ring (bicyclic) bond motifs is 1. The number of para-hydroxylation sites is 1. The molecule has 0 saturated carbocycles. The Labute approximate surface area is 140 Å². The smallest absolute Gasteiger partial charge is 0.286 e. The van der Waals surface area contributed by atoms with Crippen LogP contribution in [0, 0.1) is 0 Å². The SMILES string of the molecule is C[C@@H](NC(=O)CC1=NS(=O)(=O)c2ccccc2N1)c1ccccc1. The Balaban J connectivity index is 1.71. The predicted molar refractivity (Wildman–Crippen MR) is 92.3 cm³/mol. The Morgan fingerprint density at radius 2 is 1.79 bits per heavy atom. The number of anilines is 1. The maximum Gasteiger partial charge on any atom is 0.286 e. The standard InChI is InChI=1S/C17H17N3O3S/c1-12(13-7-3-2-4-8-13)18-17(21)11-16-19-14-9-5-6-10-15(14)24(22,23)20-16/h2-10,12H,11H2,1H3,(H,18,21)(H,19,20)/t12-/m1/s1. The average molecular weight is 343 g/mol. The van der Waals surface area contributed by atoms with Crippen molar-refractivity contribution in [3.8, 4) is 0 Å². The number of amides is 1. The van der Waals surface area contributed by atoms with E-state index in [1.807, 2.05) is 37.3 Å². The molecule has 0 unspecified atom stereocenters. The Bertz CT molecular complexity index is 892. The lowest BCUT2D eigenvalue weighted by atomic mass is 10.1. The number of nitrogens with one attached hydrogen (secondary N) is 2. The van der Waals surface area contributed by atoms with Crippen LogP contribution in [0.1, 0.15) is 24.9 Å². The van der Waals surface area contributed by atoms with Crippen molar-refractivity contribution in [2.24, 2.45) is 4.40 Å². The Morgan fingerprint density at radius 3 is 2.54 bits per heavy atom. The summed E-state index contributed by atoms with van der Waals surface area (Å²) < 4.78 is 28.0. The van der Waals surface area contributed by atoms with Crippen LogP contribution in [0.2, 0.25) is 0 Å². The fourth-order valence-electron chi connectivity index (χ4n) is 2.51. The predicted octanol–water partition coefficient (Wildman–Crippen LogP) is 2.47. The maximum absolute atomic E-state index is 12.2. The zero-order chi connectivity index (χ0) is 17.2. The Kier molecular flexibility index (Phi) is 4.35.